The molecule has 0 saturated carbocycles. The molecule has 0 spiro atoms. The van der Waals surface area contributed by atoms with Crippen LogP contribution in [0.5, 0.6) is 0 Å². The summed E-state index contributed by atoms with van der Waals surface area (Å²) in [7, 11) is -3.07. The molecule has 2 rings (SSSR count). The summed E-state index contributed by atoms with van der Waals surface area (Å²) in [5.74, 6) is 0. The molecule has 1 aromatic rings. The zero-order chi connectivity index (χ0) is 13.9. The summed E-state index contributed by atoms with van der Waals surface area (Å²) in [6, 6.07) is 8.20. The Kier molecular flexibility index (Phi) is 4.44. The molecular weight excluding hydrogens is 262 g/mol. The molecule has 5 nitrogen and oxygen atoms in total. The number of nitrogens with zero attached hydrogens (tertiary/aromatic N) is 2. The minimum absolute atomic E-state index is 0.551. The van der Waals surface area contributed by atoms with Crippen LogP contribution in [0, 0.1) is 0 Å². The van der Waals surface area contributed by atoms with Crippen LogP contribution in [0.1, 0.15) is 5.56 Å². The highest BCUT2D eigenvalue weighted by atomic mass is 32.2. The molecule has 0 unspecified atom stereocenters. The lowest BCUT2D eigenvalue weighted by atomic mass is 10.1. The molecule has 0 aromatic heterocycles. The summed E-state index contributed by atoms with van der Waals surface area (Å²) in [4.78, 5) is 2.24. The molecule has 1 fully saturated rings. The van der Waals surface area contributed by atoms with Crippen LogP contribution in [0.3, 0.4) is 0 Å². The number of hydrogen-bond acceptors (Lipinski definition) is 4. The Morgan fingerprint density at radius 1 is 1.16 bits per heavy atom. The number of piperazine rings is 1. The number of benzene rings is 1. The average molecular weight is 283 g/mol. The molecule has 1 aliphatic heterocycles. The third-order valence-electron chi connectivity index (χ3n) is 3.45. The molecule has 0 aliphatic carbocycles. The van der Waals surface area contributed by atoms with Gasteiger partial charge in [-0.1, -0.05) is 18.2 Å². The van der Waals surface area contributed by atoms with E-state index in [2.05, 4.69) is 17.0 Å². The molecule has 1 aromatic carbocycles. The third-order valence-corrected chi connectivity index (χ3v) is 4.76. The lowest BCUT2D eigenvalue weighted by Gasteiger charge is -2.35. The maximum atomic E-state index is 11.5. The molecule has 0 amide bonds. The summed E-state index contributed by atoms with van der Waals surface area (Å²) < 4.78 is 24.5. The van der Waals surface area contributed by atoms with Crippen molar-refractivity contribution >= 4 is 15.7 Å². The van der Waals surface area contributed by atoms with Crippen LogP contribution in [0.2, 0.25) is 0 Å². The highest BCUT2D eigenvalue weighted by Crippen LogP contribution is 2.22. The summed E-state index contributed by atoms with van der Waals surface area (Å²) in [6.07, 6.45) is 2.12. The molecule has 1 saturated heterocycles. The van der Waals surface area contributed by atoms with E-state index in [0.29, 0.717) is 19.6 Å². The monoisotopic (exact) mass is 283 g/mol. The zero-order valence-electron chi connectivity index (χ0n) is 11.2. The first-order valence-corrected chi connectivity index (χ1v) is 8.35. The normalized spacial score (nSPS) is 17.7. The number of nitrogens with two attached hydrogens (primary N) is 1. The second-order valence-electron chi connectivity index (χ2n) is 4.82. The molecule has 2 N–H and O–H groups in total. The standard InChI is InChI=1S/C13H21N3O2S/c1-19(17,18)16-10-8-15(9-11-16)13-5-3-2-4-12(13)6-7-14/h2-5H,6-11,14H2,1H3. The number of para-hydroxylation sites is 1. The lowest BCUT2D eigenvalue weighted by molar-refractivity contribution is 0.388. The van der Waals surface area contributed by atoms with Crippen LogP contribution < -0.4 is 10.6 Å². The van der Waals surface area contributed by atoms with Crippen molar-refractivity contribution in [2.45, 2.75) is 6.42 Å². The van der Waals surface area contributed by atoms with Gasteiger partial charge in [0, 0.05) is 31.9 Å². The highest BCUT2D eigenvalue weighted by molar-refractivity contribution is 7.88. The molecule has 0 atom stereocenters. The van der Waals surface area contributed by atoms with Crippen LogP contribution in [-0.2, 0) is 16.4 Å². The Bertz CT molecular complexity index is 522. The fourth-order valence-electron chi connectivity index (χ4n) is 2.45. The van der Waals surface area contributed by atoms with Gasteiger partial charge in [0.25, 0.3) is 0 Å². The second-order valence-corrected chi connectivity index (χ2v) is 6.80. The number of sulfonamides is 1. The van der Waals surface area contributed by atoms with Gasteiger partial charge in [0.15, 0.2) is 0 Å². The quantitative estimate of drug-likeness (QED) is 0.861. The smallest absolute Gasteiger partial charge is 0.211 e. The van der Waals surface area contributed by atoms with E-state index in [4.69, 9.17) is 5.73 Å². The van der Waals surface area contributed by atoms with Crippen molar-refractivity contribution in [2.24, 2.45) is 5.73 Å². The Morgan fingerprint density at radius 2 is 1.79 bits per heavy atom. The van der Waals surface area contributed by atoms with Gasteiger partial charge >= 0.3 is 0 Å². The Morgan fingerprint density at radius 3 is 2.37 bits per heavy atom. The van der Waals surface area contributed by atoms with Gasteiger partial charge in [0.1, 0.15) is 0 Å². The lowest BCUT2D eigenvalue weighted by Crippen LogP contribution is -2.48. The Labute approximate surface area is 115 Å². The van der Waals surface area contributed by atoms with E-state index in [1.165, 1.54) is 21.8 Å². The number of anilines is 1. The number of rotatable bonds is 4. The summed E-state index contributed by atoms with van der Waals surface area (Å²) in [5.41, 5.74) is 8.05. The summed E-state index contributed by atoms with van der Waals surface area (Å²) in [6.45, 7) is 3.19. The van der Waals surface area contributed by atoms with Gasteiger partial charge in [-0.15, -0.1) is 0 Å². The zero-order valence-corrected chi connectivity index (χ0v) is 12.1. The molecule has 6 heteroatoms. The van der Waals surface area contributed by atoms with Gasteiger partial charge in [0.05, 0.1) is 6.26 Å². The topological polar surface area (TPSA) is 66.6 Å². The van der Waals surface area contributed by atoms with Gasteiger partial charge in [0.2, 0.25) is 10.0 Å². The third kappa shape index (κ3) is 3.46. The van der Waals surface area contributed by atoms with Crippen LogP contribution in [0.4, 0.5) is 5.69 Å². The molecule has 1 aliphatic rings. The van der Waals surface area contributed by atoms with Crippen molar-refractivity contribution in [3.05, 3.63) is 29.8 Å². The Balaban J connectivity index is 2.09. The molecular formula is C13H21N3O2S. The van der Waals surface area contributed by atoms with Crippen molar-refractivity contribution in [3.8, 4) is 0 Å². The molecule has 106 valence electrons. The Hall–Kier alpha value is -1.11. The largest absolute Gasteiger partial charge is 0.369 e. The van der Waals surface area contributed by atoms with E-state index in [9.17, 15) is 8.42 Å². The van der Waals surface area contributed by atoms with Gasteiger partial charge in [-0.3, -0.25) is 0 Å². The fraction of sp³-hybridized carbons (Fsp3) is 0.538. The van der Waals surface area contributed by atoms with Gasteiger partial charge in [-0.2, -0.15) is 4.31 Å². The van der Waals surface area contributed by atoms with Crippen LogP contribution in [0.25, 0.3) is 0 Å². The van der Waals surface area contributed by atoms with Gasteiger partial charge < -0.3 is 10.6 Å². The van der Waals surface area contributed by atoms with Crippen molar-refractivity contribution < 1.29 is 8.42 Å². The average Bonchev–Trinajstić information content (AvgIpc) is 2.39. The fourth-order valence-corrected chi connectivity index (χ4v) is 3.27. The van der Waals surface area contributed by atoms with Crippen molar-refractivity contribution in [3.63, 3.8) is 0 Å². The van der Waals surface area contributed by atoms with E-state index >= 15 is 0 Å². The first-order chi connectivity index (χ1) is 9.02. The summed E-state index contributed by atoms with van der Waals surface area (Å²) >= 11 is 0. The van der Waals surface area contributed by atoms with E-state index in [1.54, 1.807) is 0 Å². The van der Waals surface area contributed by atoms with Crippen molar-refractivity contribution in [1.29, 1.82) is 0 Å². The maximum Gasteiger partial charge on any atom is 0.211 e. The summed E-state index contributed by atoms with van der Waals surface area (Å²) in [5, 5.41) is 0. The molecule has 0 bridgehead atoms. The van der Waals surface area contributed by atoms with E-state index in [0.717, 1.165) is 19.5 Å². The van der Waals surface area contributed by atoms with Crippen molar-refractivity contribution in [1.82, 2.24) is 4.31 Å². The van der Waals surface area contributed by atoms with Crippen LogP contribution >= 0.6 is 0 Å². The minimum Gasteiger partial charge on any atom is -0.369 e. The van der Waals surface area contributed by atoms with Gasteiger partial charge in [-0.25, -0.2) is 8.42 Å². The predicted octanol–water partition coefficient (Wildman–Crippen LogP) is 0.269. The van der Waals surface area contributed by atoms with E-state index in [-0.39, 0.29) is 0 Å². The van der Waals surface area contributed by atoms with E-state index < -0.39 is 10.0 Å². The molecule has 1 heterocycles. The maximum absolute atomic E-state index is 11.5. The number of hydrogen-bond donors (Lipinski definition) is 1. The SMILES string of the molecule is CS(=O)(=O)N1CCN(c2ccccc2CCN)CC1. The minimum atomic E-state index is -3.07. The predicted molar refractivity (Wildman–Crippen MR) is 77.8 cm³/mol. The molecule has 19 heavy (non-hydrogen) atoms. The van der Waals surface area contributed by atoms with Crippen LogP contribution in [0.15, 0.2) is 24.3 Å². The van der Waals surface area contributed by atoms with Crippen LogP contribution in [-0.4, -0.2) is 51.7 Å². The molecule has 0 radical (unpaired) electrons. The highest BCUT2D eigenvalue weighted by Gasteiger charge is 2.24. The van der Waals surface area contributed by atoms with Crippen molar-refractivity contribution in [2.75, 3.05) is 43.9 Å². The van der Waals surface area contributed by atoms with E-state index in [1.807, 2.05) is 12.1 Å². The first kappa shape index (κ1) is 14.3. The second kappa shape index (κ2) is 5.90. The first-order valence-electron chi connectivity index (χ1n) is 6.50. The van der Waals surface area contributed by atoms with Gasteiger partial charge in [-0.05, 0) is 24.6 Å².